The second kappa shape index (κ2) is 7.22. The molecule has 0 aromatic heterocycles. The largest absolute Gasteiger partial charge is 0.396 e. The molecule has 4 N–H and O–H groups in total. The van der Waals surface area contributed by atoms with Gasteiger partial charge in [0.25, 0.3) is 0 Å². The normalized spacial score (nSPS) is 21.2. The van der Waals surface area contributed by atoms with E-state index in [0.29, 0.717) is 19.3 Å². The summed E-state index contributed by atoms with van der Waals surface area (Å²) in [5, 5.41) is 39.3. The van der Waals surface area contributed by atoms with Crippen LogP contribution in [0.3, 0.4) is 0 Å². The molecule has 0 aliphatic heterocycles. The fourth-order valence-electron chi connectivity index (χ4n) is 2.50. The average molecular weight is 234 g/mol. The highest BCUT2D eigenvalue weighted by atomic mass is 16.3. The molecule has 0 saturated heterocycles. The summed E-state index contributed by atoms with van der Waals surface area (Å²) in [6.45, 7) is 5.27. The van der Waals surface area contributed by atoms with Crippen LogP contribution in [0.1, 0.15) is 46.5 Å². The molecule has 0 aliphatic rings. The van der Waals surface area contributed by atoms with Crippen molar-refractivity contribution < 1.29 is 20.4 Å². The third kappa shape index (κ3) is 2.94. The number of aliphatic hydroxyl groups excluding tert-OH is 4. The lowest BCUT2D eigenvalue weighted by atomic mass is 9.67. The third-order valence-corrected chi connectivity index (χ3v) is 3.57. The second-order valence-electron chi connectivity index (χ2n) is 4.36. The van der Waals surface area contributed by atoms with E-state index in [4.69, 9.17) is 5.11 Å². The van der Waals surface area contributed by atoms with Crippen molar-refractivity contribution in [1.29, 1.82) is 0 Å². The third-order valence-electron chi connectivity index (χ3n) is 3.57. The van der Waals surface area contributed by atoms with Crippen LogP contribution in [-0.2, 0) is 0 Å². The molecule has 0 rings (SSSR count). The van der Waals surface area contributed by atoms with Gasteiger partial charge < -0.3 is 20.4 Å². The summed E-state index contributed by atoms with van der Waals surface area (Å²) in [7, 11) is 0. The Morgan fingerprint density at radius 3 is 1.31 bits per heavy atom. The summed E-state index contributed by atoms with van der Waals surface area (Å²) in [4.78, 5) is 0. The molecule has 0 heterocycles. The summed E-state index contributed by atoms with van der Waals surface area (Å²) in [5.41, 5.74) is -1.01. The Morgan fingerprint density at radius 1 is 0.812 bits per heavy atom. The van der Waals surface area contributed by atoms with Crippen molar-refractivity contribution in [3.05, 3.63) is 0 Å². The van der Waals surface area contributed by atoms with Gasteiger partial charge in [0.1, 0.15) is 0 Å². The van der Waals surface area contributed by atoms with Gasteiger partial charge in [-0.3, -0.25) is 0 Å². The van der Waals surface area contributed by atoms with Crippen molar-refractivity contribution in [2.75, 3.05) is 6.61 Å². The molecule has 0 saturated carbocycles. The van der Waals surface area contributed by atoms with E-state index < -0.39 is 23.7 Å². The zero-order chi connectivity index (χ0) is 12.8. The summed E-state index contributed by atoms with van der Waals surface area (Å²) < 4.78 is 0. The van der Waals surface area contributed by atoms with E-state index in [1.165, 1.54) is 0 Å². The molecule has 0 aliphatic carbocycles. The molecule has 4 nitrogen and oxygen atoms in total. The monoisotopic (exact) mass is 234 g/mol. The highest BCUT2D eigenvalue weighted by Gasteiger charge is 2.47. The van der Waals surface area contributed by atoms with E-state index in [0.717, 1.165) is 0 Å². The first kappa shape index (κ1) is 15.8. The number of aliphatic hydroxyl groups is 4. The van der Waals surface area contributed by atoms with Crippen molar-refractivity contribution in [2.45, 2.75) is 64.8 Å². The predicted octanol–water partition coefficient (Wildman–Crippen LogP) is 0.668. The average Bonchev–Trinajstić information content (AvgIpc) is 2.32. The number of hydrogen-bond donors (Lipinski definition) is 4. The molecule has 98 valence electrons. The Morgan fingerprint density at radius 2 is 1.12 bits per heavy atom. The van der Waals surface area contributed by atoms with Crippen molar-refractivity contribution in [3.8, 4) is 0 Å². The van der Waals surface area contributed by atoms with E-state index in [1.807, 2.05) is 20.8 Å². The molecule has 0 aromatic carbocycles. The standard InChI is InChI=1S/C12H26O4/c1-4-9(14)12(7-8-13,10(15)5-2)11(16)6-3/h9-11,13-16H,4-8H2,1-3H3. The summed E-state index contributed by atoms with van der Waals surface area (Å²) in [6.07, 6.45) is -0.832. The second-order valence-corrected chi connectivity index (χ2v) is 4.36. The smallest absolute Gasteiger partial charge is 0.0644 e. The van der Waals surface area contributed by atoms with Crippen molar-refractivity contribution in [2.24, 2.45) is 5.41 Å². The molecule has 3 atom stereocenters. The topological polar surface area (TPSA) is 80.9 Å². The van der Waals surface area contributed by atoms with Gasteiger partial charge in [0.2, 0.25) is 0 Å². The van der Waals surface area contributed by atoms with E-state index in [-0.39, 0.29) is 13.0 Å². The minimum atomic E-state index is -1.01. The Labute approximate surface area is 97.9 Å². The Balaban J connectivity index is 5.19. The van der Waals surface area contributed by atoms with Crippen molar-refractivity contribution in [1.82, 2.24) is 0 Å². The van der Waals surface area contributed by atoms with Gasteiger partial charge in [-0.15, -0.1) is 0 Å². The first-order valence-corrected chi connectivity index (χ1v) is 6.16. The Hall–Kier alpha value is -0.160. The minimum absolute atomic E-state index is 0.148. The lowest BCUT2D eigenvalue weighted by Crippen LogP contribution is -2.53. The zero-order valence-corrected chi connectivity index (χ0v) is 10.6. The van der Waals surface area contributed by atoms with Gasteiger partial charge in [0.05, 0.1) is 23.7 Å². The van der Waals surface area contributed by atoms with Gasteiger partial charge >= 0.3 is 0 Å². The van der Waals surface area contributed by atoms with Crippen LogP contribution in [0.2, 0.25) is 0 Å². The van der Waals surface area contributed by atoms with Crippen LogP contribution in [-0.4, -0.2) is 45.3 Å². The molecule has 0 bridgehead atoms. The van der Waals surface area contributed by atoms with Crippen molar-refractivity contribution in [3.63, 3.8) is 0 Å². The minimum Gasteiger partial charge on any atom is -0.396 e. The molecule has 0 aromatic rings. The fraction of sp³-hybridized carbons (Fsp3) is 1.00. The van der Waals surface area contributed by atoms with Gasteiger partial charge in [0.15, 0.2) is 0 Å². The molecule has 16 heavy (non-hydrogen) atoms. The maximum atomic E-state index is 10.1. The Bertz CT molecular complexity index is 157. The van der Waals surface area contributed by atoms with Gasteiger partial charge in [-0.2, -0.15) is 0 Å². The van der Waals surface area contributed by atoms with Gasteiger partial charge in [-0.25, -0.2) is 0 Å². The van der Waals surface area contributed by atoms with E-state index in [2.05, 4.69) is 0 Å². The Kier molecular flexibility index (Phi) is 7.15. The van der Waals surface area contributed by atoms with Crippen LogP contribution in [0.25, 0.3) is 0 Å². The molecule has 0 spiro atoms. The summed E-state index contributed by atoms with van der Waals surface area (Å²) in [6, 6.07) is 0. The van der Waals surface area contributed by atoms with Gasteiger partial charge in [-0.1, -0.05) is 20.8 Å². The van der Waals surface area contributed by atoms with Gasteiger partial charge in [0, 0.05) is 6.61 Å². The highest BCUT2D eigenvalue weighted by Crippen LogP contribution is 2.39. The fourth-order valence-corrected chi connectivity index (χ4v) is 2.50. The van der Waals surface area contributed by atoms with E-state index in [1.54, 1.807) is 0 Å². The molecule has 4 heteroatoms. The first-order valence-electron chi connectivity index (χ1n) is 6.16. The lowest BCUT2D eigenvalue weighted by Gasteiger charge is -2.44. The molecule has 0 fully saturated rings. The van der Waals surface area contributed by atoms with E-state index >= 15 is 0 Å². The lowest BCUT2D eigenvalue weighted by molar-refractivity contribution is -0.151. The molecule has 3 unspecified atom stereocenters. The molecule has 0 amide bonds. The number of rotatable bonds is 8. The maximum Gasteiger partial charge on any atom is 0.0644 e. The maximum absolute atomic E-state index is 10.1. The van der Waals surface area contributed by atoms with Crippen molar-refractivity contribution >= 4 is 0 Å². The zero-order valence-electron chi connectivity index (χ0n) is 10.6. The van der Waals surface area contributed by atoms with Crippen LogP contribution in [0.4, 0.5) is 0 Å². The van der Waals surface area contributed by atoms with Crippen LogP contribution in [0.15, 0.2) is 0 Å². The highest BCUT2D eigenvalue weighted by molar-refractivity contribution is 4.96. The van der Waals surface area contributed by atoms with Crippen LogP contribution in [0, 0.1) is 5.41 Å². The first-order chi connectivity index (χ1) is 7.50. The molecular formula is C12H26O4. The van der Waals surface area contributed by atoms with Crippen LogP contribution >= 0.6 is 0 Å². The van der Waals surface area contributed by atoms with E-state index in [9.17, 15) is 15.3 Å². The van der Waals surface area contributed by atoms with Crippen LogP contribution in [0.5, 0.6) is 0 Å². The number of hydrogen-bond acceptors (Lipinski definition) is 4. The van der Waals surface area contributed by atoms with Crippen LogP contribution < -0.4 is 0 Å². The molecule has 0 radical (unpaired) electrons. The molecular weight excluding hydrogens is 208 g/mol. The quantitative estimate of drug-likeness (QED) is 0.497. The van der Waals surface area contributed by atoms with Gasteiger partial charge in [-0.05, 0) is 25.7 Å². The SMILES string of the molecule is CCC(O)C(CCO)(C(O)CC)C(O)CC. The summed E-state index contributed by atoms with van der Waals surface area (Å²) >= 11 is 0. The summed E-state index contributed by atoms with van der Waals surface area (Å²) in [5.74, 6) is 0. The predicted molar refractivity (Wildman–Crippen MR) is 63.0 cm³/mol.